The molecule has 0 radical (unpaired) electrons. The van der Waals surface area contributed by atoms with E-state index in [1.165, 1.54) is 25.7 Å². The molecule has 1 aliphatic carbocycles. The summed E-state index contributed by atoms with van der Waals surface area (Å²) in [7, 11) is 0. The number of nitro groups is 1. The normalized spacial score (nSPS) is 18.9. The lowest BCUT2D eigenvalue weighted by atomic mass is 9.84. The number of H-pyrrole nitrogens is 1. The van der Waals surface area contributed by atoms with Gasteiger partial charge in [-0.2, -0.15) is 0 Å². The Morgan fingerprint density at radius 2 is 2.11 bits per heavy atom. The standard InChI is InChI=1S/C16H27N5O4.2ClH/c1-16(21(24)25,15-18-7-8-19-15)10-20-14(23)13(22)12(17)9-11-5-3-2-4-6-11;;/h7-8,11-13,22H,2-6,9-10,17H2,1H3,(H,18,19)(H,20,23);2*1H. The molecule has 27 heavy (non-hydrogen) atoms. The molecule has 0 aromatic carbocycles. The third-order valence-electron chi connectivity index (χ3n) is 5.02. The van der Waals surface area contributed by atoms with Gasteiger partial charge in [-0.05, 0) is 12.3 Å². The van der Waals surface area contributed by atoms with E-state index in [1.54, 1.807) is 0 Å². The smallest absolute Gasteiger partial charge is 0.292 e. The summed E-state index contributed by atoms with van der Waals surface area (Å²) in [6, 6.07) is -0.673. The van der Waals surface area contributed by atoms with E-state index in [2.05, 4.69) is 15.3 Å². The van der Waals surface area contributed by atoms with Crippen LogP contribution in [-0.4, -0.2) is 44.6 Å². The highest BCUT2D eigenvalue weighted by molar-refractivity contribution is 5.85. The summed E-state index contributed by atoms with van der Waals surface area (Å²) in [5.41, 5.74) is 4.37. The number of hydrogen-bond donors (Lipinski definition) is 4. The van der Waals surface area contributed by atoms with Crippen LogP contribution in [0.25, 0.3) is 0 Å². The summed E-state index contributed by atoms with van der Waals surface area (Å²) in [4.78, 5) is 29.7. The van der Waals surface area contributed by atoms with E-state index in [1.807, 2.05) is 0 Å². The minimum Gasteiger partial charge on any atom is -0.382 e. The average molecular weight is 426 g/mol. The maximum absolute atomic E-state index is 12.2. The summed E-state index contributed by atoms with van der Waals surface area (Å²) in [5.74, 6) is -0.125. The van der Waals surface area contributed by atoms with Crippen molar-refractivity contribution < 1.29 is 14.8 Å². The topological polar surface area (TPSA) is 147 Å². The van der Waals surface area contributed by atoms with E-state index < -0.39 is 28.5 Å². The van der Waals surface area contributed by atoms with Crippen LogP contribution in [0.3, 0.4) is 0 Å². The minimum absolute atomic E-state index is 0. The zero-order valence-corrected chi connectivity index (χ0v) is 16.9. The number of nitrogens with zero attached hydrogens (tertiary/aromatic N) is 2. The van der Waals surface area contributed by atoms with E-state index >= 15 is 0 Å². The molecule has 1 aliphatic rings. The molecule has 1 amide bonds. The Labute approximate surface area is 170 Å². The number of amides is 1. The van der Waals surface area contributed by atoms with Crippen molar-refractivity contribution in [3.63, 3.8) is 0 Å². The van der Waals surface area contributed by atoms with Crippen molar-refractivity contribution in [2.24, 2.45) is 11.7 Å². The molecule has 1 saturated carbocycles. The summed E-state index contributed by atoms with van der Waals surface area (Å²) < 4.78 is 0. The van der Waals surface area contributed by atoms with Gasteiger partial charge in [0.15, 0.2) is 5.82 Å². The molecule has 156 valence electrons. The molecule has 9 nitrogen and oxygen atoms in total. The lowest BCUT2D eigenvalue weighted by molar-refractivity contribution is -0.573. The molecule has 3 unspecified atom stereocenters. The van der Waals surface area contributed by atoms with Crippen LogP contribution >= 0.6 is 24.8 Å². The molecule has 0 bridgehead atoms. The second kappa shape index (κ2) is 11.4. The fourth-order valence-electron chi connectivity index (χ4n) is 3.29. The van der Waals surface area contributed by atoms with Crippen molar-refractivity contribution in [2.75, 3.05) is 6.54 Å². The first-order valence-electron chi connectivity index (χ1n) is 8.70. The summed E-state index contributed by atoms with van der Waals surface area (Å²) >= 11 is 0. The van der Waals surface area contributed by atoms with Gasteiger partial charge in [0.1, 0.15) is 6.10 Å². The van der Waals surface area contributed by atoms with Crippen molar-refractivity contribution in [2.45, 2.75) is 63.1 Å². The van der Waals surface area contributed by atoms with Crippen LogP contribution in [0.1, 0.15) is 51.3 Å². The maximum Gasteiger partial charge on any atom is 0.292 e. The van der Waals surface area contributed by atoms with Crippen LogP contribution in [-0.2, 0) is 10.3 Å². The Morgan fingerprint density at radius 3 is 2.63 bits per heavy atom. The van der Waals surface area contributed by atoms with Gasteiger partial charge >= 0.3 is 0 Å². The Balaban J connectivity index is 0.00000338. The fourth-order valence-corrected chi connectivity index (χ4v) is 3.29. The number of carbonyl (C=O) groups is 1. The molecular formula is C16H29Cl2N5O4. The summed E-state index contributed by atoms with van der Waals surface area (Å²) in [6.45, 7) is 1.07. The van der Waals surface area contributed by atoms with Crippen molar-refractivity contribution in [3.05, 3.63) is 28.3 Å². The highest BCUT2D eigenvalue weighted by Gasteiger charge is 2.43. The number of nitrogens with one attached hydrogen (secondary N) is 2. The molecule has 1 heterocycles. The quantitative estimate of drug-likeness (QED) is 0.366. The number of halogens is 2. The van der Waals surface area contributed by atoms with Gasteiger partial charge in [0.25, 0.3) is 11.4 Å². The number of hydrogen-bond acceptors (Lipinski definition) is 6. The van der Waals surface area contributed by atoms with E-state index in [9.17, 15) is 20.0 Å². The van der Waals surface area contributed by atoms with Gasteiger partial charge in [0, 0.05) is 30.3 Å². The number of aromatic amines is 1. The van der Waals surface area contributed by atoms with Gasteiger partial charge in [0.2, 0.25) is 0 Å². The number of carbonyl (C=O) groups excluding carboxylic acids is 1. The average Bonchev–Trinajstić information content (AvgIpc) is 3.14. The van der Waals surface area contributed by atoms with Gasteiger partial charge in [-0.1, -0.05) is 32.1 Å². The van der Waals surface area contributed by atoms with Crippen molar-refractivity contribution >= 4 is 30.7 Å². The Kier molecular flexibility index (Phi) is 10.8. The lowest BCUT2D eigenvalue weighted by Gasteiger charge is -2.27. The molecule has 0 aliphatic heterocycles. The fraction of sp³-hybridized carbons (Fsp3) is 0.750. The second-order valence-electron chi connectivity index (χ2n) is 7.03. The monoisotopic (exact) mass is 425 g/mol. The van der Waals surface area contributed by atoms with E-state index in [4.69, 9.17) is 5.73 Å². The molecule has 2 rings (SSSR count). The molecule has 1 aromatic rings. The van der Waals surface area contributed by atoms with Crippen molar-refractivity contribution in [1.29, 1.82) is 0 Å². The maximum atomic E-state index is 12.2. The van der Waals surface area contributed by atoms with Crippen LogP contribution in [0.15, 0.2) is 12.4 Å². The molecule has 5 N–H and O–H groups in total. The number of aliphatic hydroxyl groups excluding tert-OH is 1. The molecule has 11 heteroatoms. The van der Waals surface area contributed by atoms with Crippen LogP contribution in [0, 0.1) is 16.0 Å². The van der Waals surface area contributed by atoms with Gasteiger partial charge in [0.05, 0.1) is 6.54 Å². The molecule has 1 aromatic heterocycles. The number of aliphatic hydroxyl groups is 1. The predicted octanol–water partition coefficient (Wildman–Crippen LogP) is 1.52. The molecule has 0 spiro atoms. The minimum atomic E-state index is -1.60. The predicted molar refractivity (Wildman–Crippen MR) is 106 cm³/mol. The summed E-state index contributed by atoms with van der Waals surface area (Å²) in [5, 5.41) is 24.0. The third-order valence-corrected chi connectivity index (χ3v) is 5.02. The van der Waals surface area contributed by atoms with E-state index in [-0.39, 0.29) is 37.2 Å². The second-order valence-corrected chi connectivity index (χ2v) is 7.03. The highest BCUT2D eigenvalue weighted by atomic mass is 35.5. The Bertz CT molecular complexity index is 583. The first kappa shape index (κ1) is 25.6. The van der Waals surface area contributed by atoms with Crippen LogP contribution < -0.4 is 11.1 Å². The van der Waals surface area contributed by atoms with Crippen LogP contribution in [0.5, 0.6) is 0 Å². The van der Waals surface area contributed by atoms with Gasteiger partial charge in [-0.15, -0.1) is 24.8 Å². The van der Waals surface area contributed by atoms with Gasteiger partial charge in [-0.3, -0.25) is 14.9 Å². The first-order valence-corrected chi connectivity index (χ1v) is 8.70. The number of nitrogens with two attached hydrogens (primary N) is 1. The zero-order valence-electron chi connectivity index (χ0n) is 15.3. The summed E-state index contributed by atoms with van der Waals surface area (Å²) in [6.07, 6.45) is 7.77. The highest BCUT2D eigenvalue weighted by Crippen LogP contribution is 2.27. The van der Waals surface area contributed by atoms with E-state index in [0.29, 0.717) is 12.3 Å². The van der Waals surface area contributed by atoms with Crippen LogP contribution in [0.4, 0.5) is 0 Å². The third kappa shape index (κ3) is 6.60. The van der Waals surface area contributed by atoms with Gasteiger partial charge < -0.3 is 21.1 Å². The first-order chi connectivity index (χ1) is 11.8. The lowest BCUT2D eigenvalue weighted by Crippen LogP contribution is -2.51. The zero-order chi connectivity index (χ0) is 18.4. The number of aromatic nitrogens is 2. The molecule has 1 fully saturated rings. The SMILES string of the molecule is CC(CNC(=O)C(O)C(N)CC1CCCCC1)(c1ncc[nH]1)[N+](=O)[O-].Cl.Cl. The molecular weight excluding hydrogens is 397 g/mol. The Morgan fingerprint density at radius 1 is 1.48 bits per heavy atom. The Hall–Kier alpha value is -1.42. The van der Waals surface area contributed by atoms with Crippen molar-refractivity contribution in [3.8, 4) is 0 Å². The molecule has 0 saturated heterocycles. The van der Waals surface area contributed by atoms with Gasteiger partial charge in [-0.25, -0.2) is 4.98 Å². The molecule has 3 atom stereocenters. The van der Waals surface area contributed by atoms with E-state index in [0.717, 1.165) is 25.7 Å². The number of imidazole rings is 1. The number of rotatable bonds is 8. The van der Waals surface area contributed by atoms with Crippen molar-refractivity contribution in [1.82, 2.24) is 15.3 Å². The van der Waals surface area contributed by atoms with Crippen LogP contribution in [0.2, 0.25) is 0 Å². The largest absolute Gasteiger partial charge is 0.382 e.